The van der Waals surface area contributed by atoms with E-state index in [2.05, 4.69) is 38.4 Å². The van der Waals surface area contributed by atoms with Crippen molar-refractivity contribution in [1.82, 2.24) is 4.67 Å². The first-order chi connectivity index (χ1) is 6.00. The number of hydrogen-bond acceptors (Lipinski definition) is 2. The molecule has 0 fully saturated rings. The van der Waals surface area contributed by atoms with E-state index in [0.29, 0.717) is 18.5 Å². The molecule has 1 atom stereocenters. The zero-order chi connectivity index (χ0) is 10.4. The lowest BCUT2D eigenvalue weighted by atomic mass is 10.3. The van der Waals surface area contributed by atoms with Gasteiger partial charge in [0.2, 0.25) is 0 Å². The molecule has 0 heterocycles. The fraction of sp³-hybridized carbons (Fsp3) is 0.778. The maximum Gasteiger partial charge on any atom is 0.0664 e. The predicted octanol–water partition coefficient (Wildman–Crippen LogP) is 3.10. The molecule has 0 aromatic heterocycles. The van der Waals surface area contributed by atoms with Crippen LogP contribution in [0.5, 0.6) is 0 Å². The van der Waals surface area contributed by atoms with Crippen LogP contribution in [0.1, 0.15) is 34.1 Å². The summed E-state index contributed by atoms with van der Waals surface area (Å²) in [6.07, 6.45) is 0.452. The average molecular weight is 221 g/mol. The summed E-state index contributed by atoms with van der Waals surface area (Å²) in [6.45, 7) is 8.53. The number of hydrogen-bond donors (Lipinski definition) is 0. The standard InChI is InChI=1S/C9H18ClN2P/c1-8(2)12(9(3)4)13(10)7-5-6-11/h7-9,13H,5H2,1-4H3. The molecular formula is C9H18ClN2P. The van der Waals surface area contributed by atoms with Crippen LogP contribution in [0.2, 0.25) is 0 Å². The van der Waals surface area contributed by atoms with Crippen molar-refractivity contribution in [2.75, 3.05) is 0 Å². The van der Waals surface area contributed by atoms with Crippen molar-refractivity contribution in [2.45, 2.75) is 46.2 Å². The van der Waals surface area contributed by atoms with Crippen molar-refractivity contribution in [3.8, 4) is 6.07 Å². The van der Waals surface area contributed by atoms with E-state index in [9.17, 15) is 0 Å². The van der Waals surface area contributed by atoms with Gasteiger partial charge < -0.3 is 0 Å². The van der Waals surface area contributed by atoms with Crippen molar-refractivity contribution < 1.29 is 0 Å². The van der Waals surface area contributed by atoms with E-state index >= 15 is 0 Å². The van der Waals surface area contributed by atoms with E-state index in [1.54, 1.807) is 0 Å². The van der Waals surface area contributed by atoms with Gasteiger partial charge in [0, 0.05) is 19.1 Å². The Kier molecular flexibility index (Phi) is 6.51. The molecule has 0 aliphatic carbocycles. The Morgan fingerprint density at radius 2 is 1.85 bits per heavy atom. The third kappa shape index (κ3) is 4.72. The summed E-state index contributed by atoms with van der Waals surface area (Å²) >= 11 is 6.24. The lowest BCUT2D eigenvalue weighted by Gasteiger charge is -2.30. The zero-order valence-corrected chi connectivity index (χ0v) is 10.5. The first-order valence-electron chi connectivity index (χ1n) is 4.51. The van der Waals surface area contributed by atoms with Crippen LogP contribution in [0.15, 0.2) is 0 Å². The molecule has 0 spiro atoms. The maximum absolute atomic E-state index is 8.43. The van der Waals surface area contributed by atoms with E-state index in [4.69, 9.17) is 16.5 Å². The molecular weight excluding hydrogens is 203 g/mol. The molecule has 0 aromatic carbocycles. The highest BCUT2D eigenvalue weighted by Crippen LogP contribution is 2.37. The highest BCUT2D eigenvalue weighted by Gasteiger charge is 2.14. The summed E-state index contributed by atoms with van der Waals surface area (Å²) < 4.78 is 2.27. The van der Waals surface area contributed by atoms with E-state index in [1.165, 1.54) is 0 Å². The van der Waals surface area contributed by atoms with Crippen molar-refractivity contribution in [2.24, 2.45) is 0 Å². The fourth-order valence-corrected chi connectivity index (χ4v) is 4.18. The number of nitrogens with zero attached hydrogens (tertiary/aromatic N) is 2. The molecule has 0 saturated carbocycles. The first kappa shape index (κ1) is 13.0. The second kappa shape index (κ2) is 6.49. The minimum Gasteiger partial charge on any atom is -0.269 e. The summed E-state index contributed by atoms with van der Waals surface area (Å²) in [6, 6.07) is 2.98. The summed E-state index contributed by atoms with van der Waals surface area (Å²) in [4.78, 5) is 0. The molecule has 0 rings (SSSR count). The number of halogens is 1. The van der Waals surface area contributed by atoms with Crippen LogP contribution >= 0.6 is 18.3 Å². The van der Waals surface area contributed by atoms with E-state index < -0.39 is 7.05 Å². The first-order valence-corrected chi connectivity index (χ1v) is 7.05. The molecule has 4 heteroatoms. The Labute approximate surface area is 86.7 Å². The van der Waals surface area contributed by atoms with Gasteiger partial charge >= 0.3 is 0 Å². The molecule has 0 aromatic rings. The Hall–Kier alpha value is 0.0400. The zero-order valence-electron chi connectivity index (χ0n) is 8.71. The van der Waals surface area contributed by atoms with Gasteiger partial charge in [-0.2, -0.15) is 5.26 Å². The largest absolute Gasteiger partial charge is 0.269 e. The smallest absolute Gasteiger partial charge is 0.0664 e. The van der Waals surface area contributed by atoms with Gasteiger partial charge in [-0.3, -0.25) is 4.67 Å². The minimum atomic E-state index is -1.13. The second-order valence-electron chi connectivity index (χ2n) is 3.48. The van der Waals surface area contributed by atoms with Gasteiger partial charge in [0.1, 0.15) is 0 Å². The minimum absolute atomic E-state index is 0.446. The summed E-state index contributed by atoms with van der Waals surface area (Å²) in [5.41, 5.74) is 0. The monoisotopic (exact) mass is 220 g/mol. The van der Waals surface area contributed by atoms with Gasteiger partial charge in [-0.05, 0) is 33.5 Å². The molecule has 0 aliphatic rings. The summed E-state index contributed by atoms with van der Waals surface area (Å²) in [7, 11) is -1.13. The van der Waals surface area contributed by atoms with Gasteiger partial charge in [-0.1, -0.05) is 11.2 Å². The van der Waals surface area contributed by atoms with Crippen LogP contribution in [0.4, 0.5) is 0 Å². The van der Waals surface area contributed by atoms with Gasteiger partial charge in [-0.15, -0.1) is 0 Å². The molecule has 2 nitrogen and oxygen atoms in total. The molecule has 0 aliphatic heterocycles. The highest BCUT2D eigenvalue weighted by molar-refractivity contribution is 7.81. The maximum atomic E-state index is 8.43. The third-order valence-corrected chi connectivity index (χ3v) is 4.84. The van der Waals surface area contributed by atoms with Crippen molar-refractivity contribution in [1.29, 1.82) is 5.26 Å². The summed E-state index contributed by atoms with van der Waals surface area (Å²) in [5, 5.41) is 8.43. The van der Waals surface area contributed by atoms with Crippen molar-refractivity contribution in [3.63, 3.8) is 0 Å². The Morgan fingerprint density at radius 3 is 2.15 bits per heavy atom. The van der Waals surface area contributed by atoms with Crippen LogP contribution in [0, 0.1) is 11.3 Å². The number of nitriles is 1. The molecule has 76 valence electrons. The molecule has 13 heavy (non-hydrogen) atoms. The highest BCUT2D eigenvalue weighted by atomic mass is 35.7. The van der Waals surface area contributed by atoms with Gasteiger partial charge in [-0.25, -0.2) is 0 Å². The van der Waals surface area contributed by atoms with Crippen LogP contribution in [0.3, 0.4) is 0 Å². The van der Waals surface area contributed by atoms with Crippen molar-refractivity contribution in [3.05, 3.63) is 0 Å². The average Bonchev–Trinajstić information content (AvgIpc) is 1.99. The Morgan fingerprint density at radius 1 is 1.38 bits per heavy atom. The van der Waals surface area contributed by atoms with Gasteiger partial charge in [0.15, 0.2) is 0 Å². The Balaban J connectivity index is 4.47. The van der Waals surface area contributed by atoms with Crippen LogP contribution in [0.25, 0.3) is 0 Å². The molecule has 0 radical (unpaired) electrons. The number of rotatable bonds is 4. The lowest BCUT2D eigenvalue weighted by molar-refractivity contribution is 0.331. The molecule has 0 bridgehead atoms. The third-order valence-electron chi connectivity index (χ3n) is 1.72. The van der Waals surface area contributed by atoms with E-state index in [0.717, 1.165) is 0 Å². The van der Waals surface area contributed by atoms with Crippen LogP contribution in [-0.4, -0.2) is 22.6 Å². The van der Waals surface area contributed by atoms with Crippen LogP contribution in [-0.2, 0) is 0 Å². The fourth-order valence-electron chi connectivity index (χ4n) is 1.32. The van der Waals surface area contributed by atoms with Crippen LogP contribution < -0.4 is 0 Å². The van der Waals surface area contributed by atoms with Gasteiger partial charge in [0.25, 0.3) is 0 Å². The lowest BCUT2D eigenvalue weighted by Crippen LogP contribution is -2.29. The predicted molar refractivity (Wildman–Crippen MR) is 62.6 cm³/mol. The molecule has 0 amide bonds. The quantitative estimate of drug-likeness (QED) is 0.681. The normalized spacial score (nSPS) is 14.1. The van der Waals surface area contributed by atoms with E-state index in [1.807, 2.05) is 5.80 Å². The molecule has 1 unspecified atom stereocenters. The second-order valence-corrected chi connectivity index (χ2v) is 6.22. The van der Waals surface area contributed by atoms with Crippen molar-refractivity contribution >= 4 is 24.1 Å². The topological polar surface area (TPSA) is 27.0 Å². The molecule has 0 saturated heterocycles. The summed E-state index contributed by atoms with van der Waals surface area (Å²) in [5.74, 6) is 1.94. The SMILES string of the molecule is CC(C)N(C(C)C)/[PH](Cl)=C/CC#N. The van der Waals surface area contributed by atoms with Gasteiger partial charge in [0.05, 0.1) is 12.5 Å². The Bertz CT molecular complexity index is 210. The van der Waals surface area contributed by atoms with E-state index in [-0.39, 0.29) is 0 Å². The molecule has 0 N–H and O–H groups in total.